The van der Waals surface area contributed by atoms with E-state index in [4.69, 9.17) is 11.5 Å². The maximum atomic E-state index is 11.2. The lowest BCUT2D eigenvalue weighted by atomic mass is 10.1. The van der Waals surface area contributed by atoms with Gasteiger partial charge in [0.1, 0.15) is 11.5 Å². The first-order chi connectivity index (χ1) is 9.15. The Hall–Kier alpha value is -1.82. The fraction of sp³-hybridized carbons (Fsp3) is 0.538. The molecule has 2 aliphatic rings. The van der Waals surface area contributed by atoms with Crippen LogP contribution in [-0.2, 0) is 0 Å². The molecule has 3 heterocycles. The number of nitrogens with two attached hydrogens (primary N) is 2. The first-order valence-corrected chi connectivity index (χ1v) is 6.72. The first-order valence-electron chi connectivity index (χ1n) is 6.72. The van der Waals surface area contributed by atoms with Gasteiger partial charge >= 0.3 is 0 Å². The molecule has 19 heavy (non-hydrogen) atoms. The number of hydrogen-bond donors (Lipinski definition) is 3. The van der Waals surface area contributed by atoms with E-state index in [-0.39, 0.29) is 5.69 Å². The minimum Gasteiger partial charge on any atom is -0.396 e. The normalized spacial score (nSPS) is 26.3. The van der Waals surface area contributed by atoms with E-state index in [1.54, 1.807) is 12.1 Å². The molecular formula is C13H19N5O. The predicted molar refractivity (Wildman–Crippen MR) is 73.8 cm³/mol. The summed E-state index contributed by atoms with van der Waals surface area (Å²) in [5, 5.41) is 3.39. The molecule has 0 aromatic carbocycles. The summed E-state index contributed by atoms with van der Waals surface area (Å²) in [6.07, 6.45) is 3.56. The molecule has 1 amide bonds. The van der Waals surface area contributed by atoms with Crippen molar-refractivity contribution in [2.45, 2.75) is 31.3 Å². The highest BCUT2D eigenvalue weighted by Crippen LogP contribution is 2.30. The van der Waals surface area contributed by atoms with E-state index in [1.165, 1.54) is 19.4 Å². The zero-order chi connectivity index (χ0) is 13.4. The van der Waals surface area contributed by atoms with Gasteiger partial charge in [0.15, 0.2) is 0 Å². The van der Waals surface area contributed by atoms with Crippen LogP contribution in [0.2, 0.25) is 0 Å². The van der Waals surface area contributed by atoms with Crippen molar-refractivity contribution < 1.29 is 4.79 Å². The molecule has 102 valence electrons. The molecule has 0 bridgehead atoms. The van der Waals surface area contributed by atoms with Gasteiger partial charge in [-0.3, -0.25) is 9.69 Å². The summed E-state index contributed by atoms with van der Waals surface area (Å²) in [5.74, 6) is 0.0482. The number of amides is 1. The van der Waals surface area contributed by atoms with Crippen LogP contribution in [0.25, 0.3) is 0 Å². The number of carbonyl (C=O) groups is 1. The standard InChI is InChI=1S/C13H19N5O/c14-8-3-4-10(12(15)19)17-13(8)16-9-5-7-18-6-1-2-11(9)18/h3-4,9,11H,1-2,5-7,14H2,(H2,15,19)(H,16,17). The summed E-state index contributed by atoms with van der Waals surface area (Å²) in [6.45, 7) is 2.31. The SMILES string of the molecule is NC(=O)c1ccc(N)c(NC2CCN3CCCC23)n1. The van der Waals surface area contributed by atoms with Crippen LogP contribution in [0.1, 0.15) is 29.8 Å². The van der Waals surface area contributed by atoms with Crippen molar-refractivity contribution in [2.75, 3.05) is 24.1 Å². The van der Waals surface area contributed by atoms with Crippen molar-refractivity contribution in [3.05, 3.63) is 17.8 Å². The van der Waals surface area contributed by atoms with Gasteiger partial charge in [0.25, 0.3) is 5.91 Å². The van der Waals surface area contributed by atoms with E-state index in [0.717, 1.165) is 13.0 Å². The van der Waals surface area contributed by atoms with Gasteiger partial charge in [0.05, 0.1) is 5.69 Å². The Morgan fingerprint density at radius 1 is 1.37 bits per heavy atom. The van der Waals surface area contributed by atoms with E-state index in [9.17, 15) is 4.79 Å². The highest BCUT2D eigenvalue weighted by molar-refractivity contribution is 5.91. The van der Waals surface area contributed by atoms with Crippen molar-refractivity contribution >= 4 is 17.4 Å². The third-order valence-electron chi connectivity index (χ3n) is 4.11. The van der Waals surface area contributed by atoms with Crippen molar-refractivity contribution in [3.8, 4) is 0 Å². The zero-order valence-electron chi connectivity index (χ0n) is 10.8. The molecule has 2 aliphatic heterocycles. The predicted octanol–water partition coefficient (Wildman–Crippen LogP) is 0.411. The zero-order valence-corrected chi connectivity index (χ0v) is 10.8. The Balaban J connectivity index is 1.79. The molecule has 0 spiro atoms. The fourth-order valence-corrected chi connectivity index (χ4v) is 3.15. The van der Waals surface area contributed by atoms with E-state index >= 15 is 0 Å². The summed E-state index contributed by atoms with van der Waals surface area (Å²) < 4.78 is 0. The number of primary amides is 1. The number of carbonyl (C=O) groups excluding carboxylic acids is 1. The number of anilines is 2. The number of nitrogen functional groups attached to an aromatic ring is 1. The van der Waals surface area contributed by atoms with E-state index < -0.39 is 5.91 Å². The lowest BCUT2D eigenvalue weighted by molar-refractivity contribution is 0.0995. The molecule has 2 saturated heterocycles. The smallest absolute Gasteiger partial charge is 0.267 e. The molecular weight excluding hydrogens is 242 g/mol. The highest BCUT2D eigenvalue weighted by atomic mass is 16.1. The quantitative estimate of drug-likeness (QED) is 0.732. The summed E-state index contributed by atoms with van der Waals surface area (Å²) >= 11 is 0. The van der Waals surface area contributed by atoms with Crippen molar-refractivity contribution in [1.82, 2.24) is 9.88 Å². The largest absolute Gasteiger partial charge is 0.396 e. The number of fused-ring (bicyclic) bond motifs is 1. The molecule has 5 N–H and O–H groups in total. The molecule has 3 rings (SSSR count). The van der Waals surface area contributed by atoms with Gasteiger partial charge in [-0.1, -0.05) is 0 Å². The monoisotopic (exact) mass is 261 g/mol. The van der Waals surface area contributed by atoms with Gasteiger partial charge in [-0.25, -0.2) is 4.98 Å². The second-order valence-electron chi connectivity index (χ2n) is 5.28. The summed E-state index contributed by atoms with van der Waals surface area (Å²) in [7, 11) is 0. The number of rotatable bonds is 3. The van der Waals surface area contributed by atoms with Crippen molar-refractivity contribution in [2.24, 2.45) is 5.73 Å². The Morgan fingerprint density at radius 2 is 2.21 bits per heavy atom. The molecule has 1 aromatic rings. The first kappa shape index (κ1) is 12.2. The second kappa shape index (κ2) is 4.70. The van der Waals surface area contributed by atoms with Crippen LogP contribution in [0, 0.1) is 0 Å². The number of nitrogens with one attached hydrogen (secondary N) is 1. The Labute approximate surface area is 112 Å². The van der Waals surface area contributed by atoms with Crippen LogP contribution >= 0.6 is 0 Å². The molecule has 6 heteroatoms. The molecule has 2 atom stereocenters. The topological polar surface area (TPSA) is 97.3 Å². The fourth-order valence-electron chi connectivity index (χ4n) is 3.15. The molecule has 0 aliphatic carbocycles. The summed E-state index contributed by atoms with van der Waals surface area (Å²) in [6, 6.07) is 4.16. The van der Waals surface area contributed by atoms with Crippen LogP contribution in [0.5, 0.6) is 0 Å². The minimum absolute atomic E-state index is 0.248. The van der Waals surface area contributed by atoms with E-state index in [1.807, 2.05) is 0 Å². The number of aromatic nitrogens is 1. The number of nitrogens with zero attached hydrogens (tertiary/aromatic N) is 2. The minimum atomic E-state index is -0.531. The lowest BCUT2D eigenvalue weighted by Crippen LogP contribution is -2.34. The summed E-state index contributed by atoms with van der Waals surface area (Å²) in [4.78, 5) is 17.9. The van der Waals surface area contributed by atoms with E-state index in [0.29, 0.717) is 23.6 Å². The van der Waals surface area contributed by atoms with Crippen molar-refractivity contribution in [1.29, 1.82) is 0 Å². The molecule has 0 saturated carbocycles. The summed E-state index contributed by atoms with van der Waals surface area (Å²) in [5.41, 5.74) is 12.0. The van der Waals surface area contributed by atoms with Gasteiger partial charge in [-0.15, -0.1) is 0 Å². The van der Waals surface area contributed by atoms with Gasteiger partial charge in [-0.05, 0) is 37.9 Å². The van der Waals surface area contributed by atoms with Crippen LogP contribution in [0.3, 0.4) is 0 Å². The van der Waals surface area contributed by atoms with Crippen LogP contribution < -0.4 is 16.8 Å². The maximum Gasteiger partial charge on any atom is 0.267 e. The average Bonchev–Trinajstić information content (AvgIpc) is 2.96. The van der Waals surface area contributed by atoms with Gasteiger partial charge < -0.3 is 16.8 Å². The van der Waals surface area contributed by atoms with Crippen LogP contribution in [-0.4, -0.2) is 41.0 Å². The number of pyridine rings is 1. The Kier molecular flexibility index (Phi) is 3.02. The van der Waals surface area contributed by atoms with Crippen molar-refractivity contribution in [3.63, 3.8) is 0 Å². The van der Waals surface area contributed by atoms with Crippen LogP contribution in [0.15, 0.2) is 12.1 Å². The molecule has 0 radical (unpaired) electrons. The van der Waals surface area contributed by atoms with Gasteiger partial charge in [0.2, 0.25) is 0 Å². The second-order valence-corrected chi connectivity index (χ2v) is 5.28. The van der Waals surface area contributed by atoms with Gasteiger partial charge in [0, 0.05) is 18.6 Å². The third kappa shape index (κ3) is 2.23. The lowest BCUT2D eigenvalue weighted by Gasteiger charge is -2.22. The van der Waals surface area contributed by atoms with Crippen LogP contribution in [0.4, 0.5) is 11.5 Å². The molecule has 2 unspecified atom stereocenters. The van der Waals surface area contributed by atoms with Gasteiger partial charge in [-0.2, -0.15) is 0 Å². The Bertz CT molecular complexity index is 504. The average molecular weight is 261 g/mol. The highest BCUT2D eigenvalue weighted by Gasteiger charge is 2.37. The maximum absolute atomic E-state index is 11.2. The molecule has 2 fully saturated rings. The number of hydrogen-bond acceptors (Lipinski definition) is 5. The molecule has 1 aromatic heterocycles. The van der Waals surface area contributed by atoms with E-state index in [2.05, 4.69) is 15.2 Å². The molecule has 6 nitrogen and oxygen atoms in total. The third-order valence-corrected chi connectivity index (χ3v) is 4.11. The Morgan fingerprint density at radius 3 is 3.00 bits per heavy atom.